The third-order valence-corrected chi connectivity index (χ3v) is 5.06. The molecule has 0 amide bonds. The summed E-state index contributed by atoms with van der Waals surface area (Å²) in [5.41, 5.74) is 0.764. The Morgan fingerprint density at radius 1 is 1.19 bits per heavy atom. The van der Waals surface area contributed by atoms with Gasteiger partial charge < -0.3 is 9.47 Å². The maximum absolute atomic E-state index is 12.5. The molecule has 1 aromatic heterocycles. The van der Waals surface area contributed by atoms with Crippen LogP contribution in [0.2, 0.25) is 0 Å². The number of hydrogen-bond donors (Lipinski definition) is 1. The van der Waals surface area contributed by atoms with Gasteiger partial charge in [-0.3, -0.25) is 4.79 Å². The van der Waals surface area contributed by atoms with Crippen molar-refractivity contribution in [2.24, 2.45) is 5.14 Å². The van der Waals surface area contributed by atoms with Gasteiger partial charge in [-0.15, -0.1) is 0 Å². The van der Waals surface area contributed by atoms with Gasteiger partial charge in [0, 0.05) is 6.42 Å². The number of rotatable bonds is 4. The molecule has 0 atom stereocenters. The first-order chi connectivity index (χ1) is 9.97. The summed E-state index contributed by atoms with van der Waals surface area (Å²) in [5.74, 6) is -0.367. The first kappa shape index (κ1) is 14.1. The molecule has 0 unspecified atom stereocenters. The number of primary sulfonamides is 1. The summed E-state index contributed by atoms with van der Waals surface area (Å²) in [6.45, 7) is -0.126. The van der Waals surface area contributed by atoms with Crippen molar-refractivity contribution >= 4 is 27.1 Å². The van der Waals surface area contributed by atoms with Crippen LogP contribution in [0.5, 0.6) is 10.1 Å². The normalized spacial score (nSPS) is 13.4. The van der Waals surface area contributed by atoms with E-state index in [9.17, 15) is 13.2 Å². The van der Waals surface area contributed by atoms with Crippen molar-refractivity contribution in [3.63, 3.8) is 0 Å². The summed E-state index contributed by atoms with van der Waals surface area (Å²) < 4.78 is 33.8. The van der Waals surface area contributed by atoms with Crippen LogP contribution in [0.1, 0.15) is 15.9 Å². The van der Waals surface area contributed by atoms with Gasteiger partial charge in [-0.1, -0.05) is 41.7 Å². The van der Waals surface area contributed by atoms with Crippen LogP contribution in [0.4, 0.5) is 0 Å². The van der Waals surface area contributed by atoms with E-state index in [2.05, 4.69) is 0 Å². The van der Waals surface area contributed by atoms with E-state index in [1.165, 1.54) is 0 Å². The lowest BCUT2D eigenvalue weighted by Crippen LogP contribution is -2.16. The van der Waals surface area contributed by atoms with Crippen LogP contribution in [0.15, 0.2) is 35.2 Å². The van der Waals surface area contributed by atoms with Crippen molar-refractivity contribution in [2.45, 2.75) is 11.3 Å². The summed E-state index contributed by atoms with van der Waals surface area (Å²) in [6, 6.07) is 9.03. The van der Waals surface area contributed by atoms with E-state index in [0.717, 1.165) is 16.9 Å². The lowest BCUT2D eigenvalue weighted by Gasteiger charge is -2.08. The molecule has 1 aliphatic rings. The van der Waals surface area contributed by atoms with Gasteiger partial charge >= 0.3 is 0 Å². The van der Waals surface area contributed by atoms with E-state index >= 15 is 0 Å². The van der Waals surface area contributed by atoms with E-state index in [-0.39, 0.29) is 39.6 Å². The SMILES string of the molecule is NS(=O)(=O)c1c2sc(c1C(=O)Cc1ccccc1)OCO2. The Bertz CT molecular complexity index is 795. The molecule has 0 saturated heterocycles. The van der Waals surface area contributed by atoms with Crippen LogP contribution in [0, 0.1) is 0 Å². The first-order valence-corrected chi connectivity index (χ1v) is 8.35. The fraction of sp³-hybridized carbons (Fsp3) is 0.154. The Balaban J connectivity index is 2.05. The average molecular weight is 325 g/mol. The van der Waals surface area contributed by atoms with Crippen molar-refractivity contribution in [2.75, 3.05) is 6.79 Å². The highest BCUT2D eigenvalue weighted by Crippen LogP contribution is 2.46. The van der Waals surface area contributed by atoms with Gasteiger partial charge in [0.1, 0.15) is 0 Å². The number of nitrogens with two attached hydrogens (primary N) is 1. The number of carbonyl (C=O) groups excluding carboxylic acids is 1. The highest BCUT2D eigenvalue weighted by atomic mass is 32.2. The van der Waals surface area contributed by atoms with E-state index in [1.54, 1.807) is 24.3 Å². The average Bonchev–Trinajstić information content (AvgIpc) is 2.70. The van der Waals surface area contributed by atoms with E-state index in [0.29, 0.717) is 0 Å². The van der Waals surface area contributed by atoms with Crippen molar-refractivity contribution in [1.29, 1.82) is 0 Å². The first-order valence-electron chi connectivity index (χ1n) is 5.99. The minimum Gasteiger partial charge on any atom is -0.447 e. The topological polar surface area (TPSA) is 95.7 Å². The third-order valence-electron chi connectivity index (χ3n) is 2.95. The molecule has 8 heteroatoms. The van der Waals surface area contributed by atoms with Crippen molar-refractivity contribution in [1.82, 2.24) is 0 Å². The molecule has 0 radical (unpaired) electrons. The molecule has 1 aromatic carbocycles. The van der Waals surface area contributed by atoms with Crippen LogP contribution in [-0.4, -0.2) is 21.0 Å². The molecule has 21 heavy (non-hydrogen) atoms. The van der Waals surface area contributed by atoms with Crippen LogP contribution in [0.25, 0.3) is 0 Å². The predicted octanol–water partition coefficient (Wildman–Crippen LogP) is 1.55. The Hall–Kier alpha value is -1.90. The van der Waals surface area contributed by atoms with Gasteiger partial charge in [-0.25, -0.2) is 13.6 Å². The number of fused-ring (bicyclic) bond motifs is 2. The summed E-state index contributed by atoms with van der Waals surface area (Å²) >= 11 is 0.969. The molecule has 0 aliphatic carbocycles. The zero-order chi connectivity index (χ0) is 15.0. The zero-order valence-corrected chi connectivity index (χ0v) is 12.4. The van der Waals surface area contributed by atoms with E-state index in [4.69, 9.17) is 14.6 Å². The quantitative estimate of drug-likeness (QED) is 0.860. The molecular weight excluding hydrogens is 314 g/mol. The van der Waals surface area contributed by atoms with Gasteiger partial charge in [0.25, 0.3) is 0 Å². The smallest absolute Gasteiger partial charge is 0.243 e. The Morgan fingerprint density at radius 3 is 2.52 bits per heavy atom. The van der Waals surface area contributed by atoms with Crippen LogP contribution >= 0.6 is 11.3 Å². The molecule has 1 aliphatic heterocycles. The number of benzene rings is 1. The second-order valence-electron chi connectivity index (χ2n) is 4.42. The summed E-state index contributed by atoms with van der Waals surface area (Å²) in [5, 5.41) is 5.54. The summed E-state index contributed by atoms with van der Waals surface area (Å²) in [7, 11) is -4.07. The Morgan fingerprint density at radius 2 is 1.86 bits per heavy atom. The minimum absolute atomic E-state index is 0.0150. The monoisotopic (exact) mass is 325 g/mol. The molecule has 0 spiro atoms. The minimum atomic E-state index is -4.07. The highest BCUT2D eigenvalue weighted by Gasteiger charge is 2.34. The fourth-order valence-electron chi connectivity index (χ4n) is 2.08. The molecule has 110 valence electrons. The molecule has 0 saturated carbocycles. The van der Waals surface area contributed by atoms with Crippen molar-refractivity contribution < 1.29 is 22.7 Å². The van der Waals surface area contributed by atoms with Crippen LogP contribution < -0.4 is 14.6 Å². The van der Waals surface area contributed by atoms with E-state index in [1.807, 2.05) is 6.07 Å². The number of thiophene rings is 1. The Kier molecular flexibility index (Phi) is 3.44. The van der Waals surface area contributed by atoms with Crippen molar-refractivity contribution in [3.05, 3.63) is 41.5 Å². The third kappa shape index (κ3) is 2.65. The van der Waals surface area contributed by atoms with Crippen LogP contribution in [-0.2, 0) is 16.4 Å². The second-order valence-corrected chi connectivity index (χ2v) is 6.86. The number of carbonyl (C=O) groups is 1. The second kappa shape index (κ2) is 5.14. The fourth-order valence-corrected chi connectivity index (χ4v) is 4.29. The maximum Gasteiger partial charge on any atom is 0.243 e. The number of ketones is 1. The molecule has 0 fully saturated rings. The molecular formula is C13H11NO5S2. The van der Waals surface area contributed by atoms with Gasteiger partial charge in [0.15, 0.2) is 15.7 Å². The standard InChI is InChI=1S/C13H11NO5S2/c14-21(16,17)11-10(12-18-7-19-13(11)20-12)9(15)6-8-4-2-1-3-5-8/h1-5H,6-7H2,(H2,14,16,17). The van der Waals surface area contributed by atoms with Crippen molar-refractivity contribution in [3.8, 4) is 10.1 Å². The molecule has 6 nitrogen and oxygen atoms in total. The maximum atomic E-state index is 12.5. The predicted molar refractivity (Wildman–Crippen MR) is 76.3 cm³/mol. The lowest BCUT2D eigenvalue weighted by atomic mass is 10.1. The molecule has 2 N–H and O–H groups in total. The number of sulfonamides is 1. The number of ether oxygens (including phenoxy) is 2. The largest absolute Gasteiger partial charge is 0.447 e. The Labute approximate surface area is 125 Å². The van der Waals surface area contributed by atoms with Gasteiger partial charge in [-0.05, 0) is 5.56 Å². The van der Waals surface area contributed by atoms with Gasteiger partial charge in [0.05, 0.1) is 5.56 Å². The lowest BCUT2D eigenvalue weighted by molar-refractivity contribution is 0.0981. The van der Waals surface area contributed by atoms with Gasteiger partial charge in [-0.2, -0.15) is 0 Å². The number of hydrogen-bond acceptors (Lipinski definition) is 6. The van der Waals surface area contributed by atoms with Gasteiger partial charge in [0.2, 0.25) is 21.9 Å². The number of Topliss-reactive ketones (excluding diaryl/α,β-unsaturated/α-hetero) is 1. The summed E-state index contributed by atoms with van der Waals surface area (Å²) in [6.07, 6.45) is 0.0654. The highest BCUT2D eigenvalue weighted by molar-refractivity contribution is 7.89. The van der Waals surface area contributed by atoms with E-state index < -0.39 is 10.0 Å². The van der Waals surface area contributed by atoms with Crippen LogP contribution in [0.3, 0.4) is 0 Å². The molecule has 3 rings (SSSR count). The zero-order valence-electron chi connectivity index (χ0n) is 10.7. The molecule has 2 aromatic rings. The summed E-state index contributed by atoms with van der Waals surface area (Å²) in [4.78, 5) is 12.2. The molecule has 2 heterocycles. The molecule has 2 bridgehead atoms.